The second-order valence-corrected chi connectivity index (χ2v) is 5.67. The molecule has 0 fully saturated rings. The van der Waals surface area contributed by atoms with Gasteiger partial charge in [0.25, 0.3) is 0 Å². The maximum Gasteiger partial charge on any atom is 0.113 e. The van der Waals surface area contributed by atoms with Crippen LogP contribution in [0, 0.1) is 29.6 Å². The molecule has 118 valence electrons. The van der Waals surface area contributed by atoms with Gasteiger partial charge in [0.2, 0.25) is 0 Å². The number of nitrogens with two attached hydrogens (primary N) is 3. The predicted octanol–water partition coefficient (Wildman–Crippen LogP) is 0.233. The lowest BCUT2D eigenvalue weighted by molar-refractivity contribution is 0.823. The number of nitriles is 2. The van der Waals surface area contributed by atoms with Gasteiger partial charge < -0.3 is 17.2 Å². The molecule has 1 aromatic carbocycles. The maximum absolute atomic E-state index is 9.44. The van der Waals surface area contributed by atoms with Crippen molar-refractivity contribution < 1.29 is 0 Å². The number of anilines is 2. The molecule has 0 saturated carbocycles. The summed E-state index contributed by atoms with van der Waals surface area (Å²) in [7, 11) is 0. The van der Waals surface area contributed by atoms with Crippen molar-refractivity contribution in [2.24, 2.45) is 15.7 Å². The molecular formula is C17H15N7. The summed E-state index contributed by atoms with van der Waals surface area (Å²) in [5.74, 6) is 0. The van der Waals surface area contributed by atoms with Gasteiger partial charge in [0.15, 0.2) is 0 Å². The summed E-state index contributed by atoms with van der Waals surface area (Å²) in [6.45, 7) is 3.61. The zero-order valence-corrected chi connectivity index (χ0v) is 13.3. The first kappa shape index (κ1) is 15.3. The van der Waals surface area contributed by atoms with Crippen molar-refractivity contribution in [3.8, 4) is 12.1 Å². The van der Waals surface area contributed by atoms with Crippen molar-refractivity contribution in [1.29, 1.82) is 10.5 Å². The van der Waals surface area contributed by atoms with E-state index in [0.717, 1.165) is 5.57 Å². The number of fused-ring (bicyclic) bond motifs is 2. The minimum Gasteiger partial charge on any atom is -0.398 e. The van der Waals surface area contributed by atoms with E-state index in [-0.39, 0.29) is 11.3 Å². The highest BCUT2D eigenvalue weighted by molar-refractivity contribution is 5.73. The summed E-state index contributed by atoms with van der Waals surface area (Å²) in [6, 6.07) is 3.63. The first-order chi connectivity index (χ1) is 11.4. The molecule has 7 nitrogen and oxygen atoms in total. The van der Waals surface area contributed by atoms with E-state index in [1.807, 2.05) is 13.0 Å². The smallest absolute Gasteiger partial charge is 0.113 e. The van der Waals surface area contributed by atoms with Crippen molar-refractivity contribution in [1.82, 2.24) is 0 Å². The van der Waals surface area contributed by atoms with Gasteiger partial charge in [0.05, 0.1) is 34.1 Å². The molecule has 0 aromatic heterocycles. The van der Waals surface area contributed by atoms with Gasteiger partial charge in [-0.15, -0.1) is 0 Å². The summed E-state index contributed by atoms with van der Waals surface area (Å²) >= 11 is 0. The average Bonchev–Trinajstić information content (AvgIpc) is 2.69. The van der Waals surface area contributed by atoms with Crippen LogP contribution < -0.4 is 27.9 Å². The van der Waals surface area contributed by atoms with Gasteiger partial charge in [-0.1, -0.05) is 0 Å². The van der Waals surface area contributed by atoms with Gasteiger partial charge in [-0.05, 0) is 31.6 Å². The van der Waals surface area contributed by atoms with Gasteiger partial charge >= 0.3 is 0 Å². The molecule has 1 unspecified atom stereocenters. The third-order valence-electron chi connectivity index (χ3n) is 4.27. The van der Waals surface area contributed by atoms with Crippen LogP contribution in [0.2, 0.25) is 0 Å². The number of hydrogen-bond acceptors (Lipinski definition) is 7. The quantitative estimate of drug-likeness (QED) is 0.585. The summed E-state index contributed by atoms with van der Waals surface area (Å²) in [5.41, 5.74) is 21.6. The van der Waals surface area contributed by atoms with Crippen LogP contribution >= 0.6 is 0 Å². The van der Waals surface area contributed by atoms with E-state index in [0.29, 0.717) is 38.9 Å². The van der Waals surface area contributed by atoms with E-state index >= 15 is 0 Å². The van der Waals surface area contributed by atoms with E-state index in [9.17, 15) is 10.5 Å². The Hall–Kier alpha value is -3.58. The van der Waals surface area contributed by atoms with E-state index in [4.69, 9.17) is 17.2 Å². The lowest BCUT2D eigenvalue weighted by Crippen LogP contribution is -2.38. The molecule has 24 heavy (non-hydrogen) atoms. The highest BCUT2D eigenvalue weighted by Crippen LogP contribution is 2.26. The molecule has 1 aliphatic heterocycles. The van der Waals surface area contributed by atoms with Crippen molar-refractivity contribution in [3.63, 3.8) is 0 Å². The largest absolute Gasteiger partial charge is 0.398 e. The van der Waals surface area contributed by atoms with Crippen molar-refractivity contribution in [2.45, 2.75) is 19.9 Å². The second-order valence-electron chi connectivity index (χ2n) is 5.67. The fourth-order valence-electron chi connectivity index (χ4n) is 2.78. The molecular weight excluding hydrogens is 302 g/mol. The molecule has 6 N–H and O–H groups in total. The van der Waals surface area contributed by atoms with Gasteiger partial charge in [-0.3, -0.25) is 4.99 Å². The Balaban J connectivity index is 2.49. The van der Waals surface area contributed by atoms with Crippen LogP contribution in [0.15, 0.2) is 44.7 Å². The van der Waals surface area contributed by atoms with Gasteiger partial charge in [-0.2, -0.15) is 10.5 Å². The second kappa shape index (κ2) is 5.25. The topological polar surface area (TPSA) is 150 Å². The van der Waals surface area contributed by atoms with Gasteiger partial charge in [-0.25, -0.2) is 4.99 Å². The lowest BCUT2D eigenvalue weighted by atomic mass is 10.0. The Labute approximate surface area is 138 Å². The third-order valence-corrected chi connectivity index (χ3v) is 4.27. The van der Waals surface area contributed by atoms with Crippen LogP contribution in [0.25, 0.3) is 0 Å². The molecule has 1 aliphatic carbocycles. The minimum atomic E-state index is -0.501. The maximum atomic E-state index is 9.44. The first-order valence-electron chi connectivity index (χ1n) is 7.23. The minimum absolute atomic E-state index is 0.200. The zero-order valence-electron chi connectivity index (χ0n) is 13.3. The van der Waals surface area contributed by atoms with Crippen LogP contribution in [0.5, 0.6) is 0 Å². The summed E-state index contributed by atoms with van der Waals surface area (Å²) in [4.78, 5) is 9.28. The molecule has 1 atom stereocenters. The third kappa shape index (κ3) is 2.03. The Kier molecular flexibility index (Phi) is 3.35. The number of nitrogen functional groups attached to an aromatic ring is 2. The number of allylic oxidation sites excluding steroid dienone is 3. The average molecular weight is 317 g/mol. The molecule has 0 saturated heterocycles. The molecule has 7 heteroatoms. The number of benzene rings is 1. The van der Waals surface area contributed by atoms with Crippen molar-refractivity contribution in [2.75, 3.05) is 11.5 Å². The van der Waals surface area contributed by atoms with E-state index < -0.39 is 6.04 Å². The van der Waals surface area contributed by atoms with Crippen LogP contribution in [0.1, 0.15) is 18.1 Å². The molecule has 2 aliphatic rings. The summed E-state index contributed by atoms with van der Waals surface area (Å²) in [6.07, 6.45) is 3.27. The Bertz CT molecular complexity index is 1070. The number of nitrogens with zero attached hydrogens (tertiary/aromatic N) is 4. The Morgan fingerprint density at radius 3 is 2.38 bits per heavy atom. The van der Waals surface area contributed by atoms with Crippen LogP contribution in [0.4, 0.5) is 11.4 Å². The lowest BCUT2D eigenvalue weighted by Gasteiger charge is -2.18. The van der Waals surface area contributed by atoms with Crippen molar-refractivity contribution in [3.05, 3.63) is 56.5 Å². The first-order valence-corrected chi connectivity index (χ1v) is 7.23. The molecule has 0 radical (unpaired) electrons. The van der Waals surface area contributed by atoms with Gasteiger partial charge in [0, 0.05) is 11.3 Å². The van der Waals surface area contributed by atoms with Crippen LogP contribution in [0.3, 0.4) is 0 Å². The number of hydrogen-bond donors (Lipinski definition) is 3. The van der Waals surface area contributed by atoms with E-state index in [1.54, 1.807) is 19.1 Å². The highest BCUT2D eigenvalue weighted by atomic mass is 14.9. The molecule has 0 amide bonds. The molecule has 3 rings (SSSR count). The SMILES string of the molecule is CC1=C2N=c3c(C)c(N)c(N)c(C#N)c3=NC2C=C(C#N)C=C1N. The molecule has 0 bridgehead atoms. The summed E-state index contributed by atoms with van der Waals surface area (Å²) < 4.78 is 0. The zero-order chi connectivity index (χ0) is 17.6. The summed E-state index contributed by atoms with van der Waals surface area (Å²) in [5, 5.41) is 19.6. The van der Waals surface area contributed by atoms with Crippen molar-refractivity contribution >= 4 is 11.4 Å². The van der Waals surface area contributed by atoms with Crippen LogP contribution in [-0.4, -0.2) is 6.04 Å². The molecule has 0 spiro atoms. The number of rotatable bonds is 0. The Morgan fingerprint density at radius 2 is 1.75 bits per heavy atom. The van der Waals surface area contributed by atoms with Gasteiger partial charge in [0.1, 0.15) is 23.0 Å². The predicted molar refractivity (Wildman–Crippen MR) is 89.5 cm³/mol. The normalized spacial score (nSPS) is 18.6. The van der Waals surface area contributed by atoms with E-state index in [1.165, 1.54) is 0 Å². The Morgan fingerprint density at radius 1 is 1.04 bits per heavy atom. The fraction of sp³-hybridized carbons (Fsp3) is 0.176. The monoisotopic (exact) mass is 317 g/mol. The molecule has 1 aromatic rings. The van der Waals surface area contributed by atoms with Crippen LogP contribution in [-0.2, 0) is 0 Å². The fourth-order valence-corrected chi connectivity index (χ4v) is 2.78. The highest BCUT2D eigenvalue weighted by Gasteiger charge is 2.24. The molecule has 1 heterocycles. The standard InChI is InChI=1S/C17H15N7/c1-7-11(20)3-9(5-18)4-12-15(7)24-16-8(2)13(21)14(22)10(6-19)17(16)23-12/h3-4,12H,20-22H2,1-2H3. The van der Waals surface area contributed by atoms with E-state index in [2.05, 4.69) is 16.1 Å².